The molecule has 19 heavy (non-hydrogen) atoms. The standard InChI is InChI=1S/C14H21N3O2/c1-2-10(5-6-18)16-13-8-12-9(7-11(13)15)3-4-14(19)17-12/h7-8,10,16,18H,2-6,15H2,1H3,(H,17,19). The van der Waals surface area contributed by atoms with E-state index in [1.54, 1.807) is 0 Å². The van der Waals surface area contributed by atoms with Gasteiger partial charge in [0.15, 0.2) is 0 Å². The summed E-state index contributed by atoms with van der Waals surface area (Å²) in [6.07, 6.45) is 2.84. The van der Waals surface area contributed by atoms with Gasteiger partial charge in [-0.3, -0.25) is 4.79 Å². The van der Waals surface area contributed by atoms with Crippen LogP contribution in [0.15, 0.2) is 12.1 Å². The molecule has 1 amide bonds. The Morgan fingerprint density at radius 3 is 2.95 bits per heavy atom. The van der Waals surface area contributed by atoms with Gasteiger partial charge in [-0.25, -0.2) is 0 Å². The SMILES string of the molecule is CCC(CCO)Nc1cc2c(cc1N)CCC(=O)N2. The molecule has 1 aromatic carbocycles. The second kappa shape index (κ2) is 5.93. The quantitative estimate of drug-likeness (QED) is 0.609. The Bertz CT molecular complexity index is 474. The Balaban J connectivity index is 2.21. The number of fused-ring (bicyclic) bond motifs is 1. The molecule has 5 N–H and O–H groups in total. The average molecular weight is 263 g/mol. The van der Waals surface area contributed by atoms with Gasteiger partial charge >= 0.3 is 0 Å². The fourth-order valence-electron chi connectivity index (χ4n) is 2.33. The highest BCUT2D eigenvalue weighted by Crippen LogP contribution is 2.31. The third-order valence-corrected chi connectivity index (χ3v) is 3.50. The average Bonchev–Trinajstić information content (AvgIpc) is 2.39. The van der Waals surface area contributed by atoms with Crippen LogP contribution in [0.5, 0.6) is 0 Å². The van der Waals surface area contributed by atoms with Gasteiger partial charge in [-0.15, -0.1) is 0 Å². The topological polar surface area (TPSA) is 87.4 Å². The molecule has 0 aromatic heterocycles. The number of aliphatic hydroxyl groups is 1. The summed E-state index contributed by atoms with van der Waals surface area (Å²) in [5, 5.41) is 15.2. The lowest BCUT2D eigenvalue weighted by molar-refractivity contribution is -0.116. The van der Waals surface area contributed by atoms with E-state index in [4.69, 9.17) is 10.8 Å². The number of aryl methyl sites for hydroxylation is 1. The summed E-state index contributed by atoms with van der Waals surface area (Å²) >= 11 is 0. The maximum atomic E-state index is 11.4. The van der Waals surface area contributed by atoms with Crippen LogP contribution in [0.25, 0.3) is 0 Å². The van der Waals surface area contributed by atoms with E-state index in [1.165, 1.54) is 0 Å². The molecular formula is C14H21N3O2. The van der Waals surface area contributed by atoms with Crippen molar-refractivity contribution in [2.24, 2.45) is 0 Å². The van der Waals surface area contributed by atoms with Crippen LogP contribution < -0.4 is 16.4 Å². The summed E-state index contributed by atoms with van der Waals surface area (Å²) in [6.45, 7) is 2.21. The van der Waals surface area contributed by atoms with Crippen molar-refractivity contribution in [2.45, 2.75) is 38.6 Å². The van der Waals surface area contributed by atoms with Crippen molar-refractivity contribution < 1.29 is 9.90 Å². The van der Waals surface area contributed by atoms with Crippen LogP contribution in [-0.4, -0.2) is 23.7 Å². The fraction of sp³-hybridized carbons (Fsp3) is 0.500. The number of carbonyl (C=O) groups is 1. The Morgan fingerprint density at radius 2 is 2.26 bits per heavy atom. The fourth-order valence-corrected chi connectivity index (χ4v) is 2.33. The molecule has 1 unspecified atom stereocenters. The first-order chi connectivity index (χ1) is 9.13. The van der Waals surface area contributed by atoms with Gasteiger partial charge in [-0.05, 0) is 37.0 Å². The molecular weight excluding hydrogens is 242 g/mol. The van der Waals surface area contributed by atoms with Gasteiger partial charge in [-0.1, -0.05) is 6.92 Å². The molecule has 1 aliphatic rings. The largest absolute Gasteiger partial charge is 0.397 e. The number of nitrogens with two attached hydrogens (primary N) is 1. The molecule has 1 aliphatic heterocycles. The van der Waals surface area contributed by atoms with E-state index < -0.39 is 0 Å². The van der Waals surface area contributed by atoms with Crippen LogP contribution in [-0.2, 0) is 11.2 Å². The summed E-state index contributed by atoms with van der Waals surface area (Å²) < 4.78 is 0. The molecule has 0 bridgehead atoms. The Labute approximate surface area is 113 Å². The van der Waals surface area contributed by atoms with Crippen LogP contribution in [0, 0.1) is 0 Å². The van der Waals surface area contributed by atoms with Gasteiger partial charge in [0.2, 0.25) is 5.91 Å². The number of hydrogen-bond acceptors (Lipinski definition) is 4. The van der Waals surface area contributed by atoms with Gasteiger partial charge in [0.25, 0.3) is 0 Å². The highest BCUT2D eigenvalue weighted by Gasteiger charge is 2.17. The van der Waals surface area contributed by atoms with Gasteiger partial charge < -0.3 is 21.5 Å². The second-order valence-corrected chi connectivity index (χ2v) is 4.91. The van der Waals surface area contributed by atoms with E-state index >= 15 is 0 Å². The Morgan fingerprint density at radius 1 is 1.47 bits per heavy atom. The lowest BCUT2D eigenvalue weighted by Gasteiger charge is -2.23. The summed E-state index contributed by atoms with van der Waals surface area (Å²) in [5.41, 5.74) is 9.47. The highest BCUT2D eigenvalue weighted by molar-refractivity contribution is 5.95. The number of aliphatic hydroxyl groups excluding tert-OH is 1. The van der Waals surface area contributed by atoms with Crippen LogP contribution in [0.4, 0.5) is 17.1 Å². The predicted molar refractivity (Wildman–Crippen MR) is 77.2 cm³/mol. The van der Waals surface area contributed by atoms with Crippen molar-refractivity contribution in [2.75, 3.05) is 23.0 Å². The molecule has 2 rings (SSSR count). The number of hydrogen-bond donors (Lipinski definition) is 4. The lowest BCUT2D eigenvalue weighted by atomic mass is 10.0. The van der Waals surface area contributed by atoms with Crippen LogP contribution in [0.3, 0.4) is 0 Å². The molecule has 104 valence electrons. The van der Waals surface area contributed by atoms with Crippen LogP contribution >= 0.6 is 0 Å². The molecule has 1 atom stereocenters. The summed E-state index contributed by atoms with van der Waals surface area (Å²) in [7, 11) is 0. The normalized spacial score (nSPS) is 15.6. The third-order valence-electron chi connectivity index (χ3n) is 3.50. The van der Waals surface area contributed by atoms with Crippen LogP contribution in [0.2, 0.25) is 0 Å². The Hall–Kier alpha value is -1.75. The minimum Gasteiger partial charge on any atom is -0.397 e. The van der Waals surface area contributed by atoms with Gasteiger partial charge in [-0.2, -0.15) is 0 Å². The van der Waals surface area contributed by atoms with E-state index in [0.717, 1.165) is 29.8 Å². The van der Waals surface area contributed by atoms with E-state index in [2.05, 4.69) is 17.6 Å². The van der Waals surface area contributed by atoms with Crippen molar-refractivity contribution in [1.82, 2.24) is 0 Å². The van der Waals surface area contributed by atoms with E-state index in [-0.39, 0.29) is 18.6 Å². The number of benzene rings is 1. The summed E-state index contributed by atoms with van der Waals surface area (Å²) in [6, 6.07) is 3.99. The molecule has 5 nitrogen and oxygen atoms in total. The van der Waals surface area contributed by atoms with Crippen molar-refractivity contribution in [3.63, 3.8) is 0 Å². The number of rotatable bonds is 5. The first kappa shape index (κ1) is 13.7. The number of nitrogen functional groups attached to an aromatic ring is 1. The Kier molecular flexibility index (Phi) is 4.27. The lowest BCUT2D eigenvalue weighted by Crippen LogP contribution is -2.22. The molecule has 0 spiro atoms. The zero-order valence-corrected chi connectivity index (χ0v) is 11.2. The molecule has 0 aliphatic carbocycles. The van der Waals surface area contributed by atoms with Gasteiger partial charge in [0.05, 0.1) is 11.4 Å². The molecule has 5 heteroatoms. The van der Waals surface area contributed by atoms with Crippen molar-refractivity contribution in [3.05, 3.63) is 17.7 Å². The van der Waals surface area contributed by atoms with Gasteiger partial charge in [0.1, 0.15) is 0 Å². The molecule has 1 heterocycles. The second-order valence-electron chi connectivity index (χ2n) is 4.91. The molecule has 0 radical (unpaired) electrons. The maximum Gasteiger partial charge on any atom is 0.224 e. The van der Waals surface area contributed by atoms with E-state index in [9.17, 15) is 4.79 Å². The maximum absolute atomic E-state index is 11.4. The van der Waals surface area contributed by atoms with Crippen LogP contribution in [0.1, 0.15) is 31.7 Å². The van der Waals surface area contributed by atoms with Crippen molar-refractivity contribution in [1.29, 1.82) is 0 Å². The molecule has 0 saturated carbocycles. The van der Waals surface area contributed by atoms with Gasteiger partial charge in [0, 0.05) is 24.8 Å². The zero-order chi connectivity index (χ0) is 13.8. The smallest absolute Gasteiger partial charge is 0.224 e. The highest BCUT2D eigenvalue weighted by atomic mass is 16.3. The first-order valence-corrected chi connectivity index (χ1v) is 6.73. The minimum absolute atomic E-state index is 0.0469. The van der Waals surface area contributed by atoms with E-state index in [1.807, 2.05) is 12.1 Å². The minimum atomic E-state index is 0.0469. The van der Waals surface area contributed by atoms with Crippen molar-refractivity contribution in [3.8, 4) is 0 Å². The van der Waals surface area contributed by atoms with Crippen molar-refractivity contribution >= 4 is 23.0 Å². The molecule has 0 fully saturated rings. The monoisotopic (exact) mass is 263 g/mol. The number of amides is 1. The first-order valence-electron chi connectivity index (χ1n) is 6.73. The molecule has 0 saturated heterocycles. The summed E-state index contributed by atoms with van der Waals surface area (Å²) in [5.74, 6) is 0.0469. The summed E-state index contributed by atoms with van der Waals surface area (Å²) in [4.78, 5) is 11.4. The molecule has 1 aromatic rings. The predicted octanol–water partition coefficient (Wildman–Crippen LogP) is 1.73. The number of anilines is 3. The van der Waals surface area contributed by atoms with E-state index in [0.29, 0.717) is 18.5 Å². The zero-order valence-electron chi connectivity index (χ0n) is 11.2. The third kappa shape index (κ3) is 3.17. The number of carbonyl (C=O) groups excluding carboxylic acids is 1. The number of nitrogens with one attached hydrogen (secondary N) is 2.